The second-order valence-corrected chi connectivity index (χ2v) is 6.41. The van der Waals surface area contributed by atoms with Crippen molar-refractivity contribution in [3.63, 3.8) is 0 Å². The van der Waals surface area contributed by atoms with Crippen molar-refractivity contribution in [2.45, 2.75) is 12.6 Å². The maximum absolute atomic E-state index is 10.7. The predicted molar refractivity (Wildman–Crippen MR) is 97.4 cm³/mol. The summed E-state index contributed by atoms with van der Waals surface area (Å²) in [5.74, 6) is 0.341. The average Bonchev–Trinajstić information content (AvgIpc) is 2.57. The van der Waals surface area contributed by atoms with Gasteiger partial charge in [-0.25, -0.2) is 0 Å². The van der Waals surface area contributed by atoms with E-state index in [0.717, 1.165) is 5.56 Å². The number of nitro benzene ring substituents is 1. The number of halogens is 2. The number of non-ortho nitro benzene ring substituents is 1. The molecular weight excluding hydrogens is 367 g/mol. The number of benzene rings is 2. The summed E-state index contributed by atoms with van der Waals surface area (Å²) in [4.78, 5) is 12.1. The van der Waals surface area contributed by atoms with Gasteiger partial charge in [0, 0.05) is 19.2 Å². The van der Waals surface area contributed by atoms with Crippen LogP contribution in [0.5, 0.6) is 5.75 Å². The molecule has 0 saturated heterocycles. The van der Waals surface area contributed by atoms with Gasteiger partial charge < -0.3 is 9.84 Å². The van der Waals surface area contributed by atoms with Crippen LogP contribution < -0.4 is 4.74 Å². The lowest BCUT2D eigenvalue weighted by atomic mass is 10.2. The standard InChI is InChI=1S/C17H18Cl2N2O4/c1-20(9-12-4-2-7-16(18)17(12)19)10-14(22)11-25-15-6-3-5-13(8-15)21(23)24/h2-8,14,22H,9-11H2,1H3. The van der Waals surface area contributed by atoms with Gasteiger partial charge in [-0.1, -0.05) is 41.4 Å². The van der Waals surface area contributed by atoms with Crippen LogP contribution in [0.15, 0.2) is 42.5 Å². The molecule has 2 rings (SSSR count). The Morgan fingerprint density at radius 3 is 2.72 bits per heavy atom. The lowest BCUT2D eigenvalue weighted by molar-refractivity contribution is -0.384. The van der Waals surface area contributed by atoms with E-state index in [-0.39, 0.29) is 12.3 Å². The third kappa shape index (κ3) is 5.86. The number of likely N-dealkylation sites (N-methyl/N-ethyl adjacent to an activating group) is 1. The molecule has 134 valence electrons. The van der Waals surface area contributed by atoms with E-state index < -0.39 is 11.0 Å². The fourth-order valence-corrected chi connectivity index (χ4v) is 2.70. The summed E-state index contributed by atoms with van der Waals surface area (Å²) in [6, 6.07) is 11.3. The van der Waals surface area contributed by atoms with Crippen LogP contribution in [0.2, 0.25) is 10.0 Å². The molecule has 0 spiro atoms. The van der Waals surface area contributed by atoms with E-state index in [1.807, 2.05) is 24.1 Å². The van der Waals surface area contributed by atoms with Crippen molar-refractivity contribution in [1.29, 1.82) is 0 Å². The van der Waals surface area contributed by atoms with Crippen LogP contribution in [0.4, 0.5) is 5.69 Å². The van der Waals surface area contributed by atoms with Crippen LogP contribution in [-0.4, -0.2) is 41.2 Å². The van der Waals surface area contributed by atoms with Crippen LogP contribution in [0.3, 0.4) is 0 Å². The molecule has 0 fully saturated rings. The molecule has 1 unspecified atom stereocenters. The van der Waals surface area contributed by atoms with Gasteiger partial charge in [0.25, 0.3) is 5.69 Å². The van der Waals surface area contributed by atoms with E-state index in [9.17, 15) is 15.2 Å². The van der Waals surface area contributed by atoms with Crippen molar-refractivity contribution in [2.24, 2.45) is 0 Å². The summed E-state index contributed by atoms with van der Waals surface area (Å²) in [6.45, 7) is 0.889. The van der Waals surface area contributed by atoms with Crippen LogP contribution >= 0.6 is 23.2 Å². The first-order valence-electron chi connectivity index (χ1n) is 7.53. The Bertz CT molecular complexity index is 742. The lowest BCUT2D eigenvalue weighted by Crippen LogP contribution is -2.32. The second kappa shape index (κ2) is 9.01. The van der Waals surface area contributed by atoms with Crippen molar-refractivity contribution < 1.29 is 14.8 Å². The highest BCUT2D eigenvalue weighted by Gasteiger charge is 2.13. The first-order chi connectivity index (χ1) is 11.9. The minimum atomic E-state index is -0.762. The van der Waals surface area contributed by atoms with E-state index in [4.69, 9.17) is 27.9 Å². The summed E-state index contributed by atoms with van der Waals surface area (Å²) in [5.41, 5.74) is 0.808. The summed E-state index contributed by atoms with van der Waals surface area (Å²) in [5, 5.41) is 21.8. The summed E-state index contributed by atoms with van der Waals surface area (Å²) in [6.07, 6.45) is -0.762. The maximum atomic E-state index is 10.7. The predicted octanol–water partition coefficient (Wildman–Crippen LogP) is 3.77. The van der Waals surface area contributed by atoms with Gasteiger partial charge in [-0.15, -0.1) is 0 Å². The molecule has 0 radical (unpaired) electrons. The van der Waals surface area contributed by atoms with Gasteiger partial charge in [-0.2, -0.15) is 0 Å². The third-order valence-electron chi connectivity index (χ3n) is 3.47. The zero-order valence-corrected chi connectivity index (χ0v) is 15.1. The van der Waals surface area contributed by atoms with Crippen LogP contribution in [-0.2, 0) is 6.54 Å². The molecule has 0 aromatic heterocycles. The molecule has 1 atom stereocenters. The number of rotatable bonds is 8. The molecule has 8 heteroatoms. The first kappa shape index (κ1) is 19.5. The molecule has 25 heavy (non-hydrogen) atoms. The topological polar surface area (TPSA) is 75.8 Å². The molecule has 0 bridgehead atoms. The highest BCUT2D eigenvalue weighted by Crippen LogP contribution is 2.26. The van der Waals surface area contributed by atoms with Gasteiger partial charge in [0.2, 0.25) is 0 Å². The highest BCUT2D eigenvalue weighted by molar-refractivity contribution is 6.42. The smallest absolute Gasteiger partial charge is 0.273 e. The molecule has 0 heterocycles. The monoisotopic (exact) mass is 384 g/mol. The maximum Gasteiger partial charge on any atom is 0.273 e. The highest BCUT2D eigenvalue weighted by atomic mass is 35.5. The van der Waals surface area contributed by atoms with Gasteiger partial charge in [-0.05, 0) is 24.7 Å². The first-order valence-corrected chi connectivity index (χ1v) is 8.29. The Balaban J connectivity index is 1.85. The number of aliphatic hydroxyl groups excluding tert-OH is 1. The lowest BCUT2D eigenvalue weighted by Gasteiger charge is -2.21. The Labute approximate surface area is 155 Å². The van der Waals surface area contributed by atoms with Gasteiger partial charge in [0.05, 0.1) is 21.0 Å². The number of ether oxygens (including phenoxy) is 1. The number of aliphatic hydroxyl groups is 1. The molecule has 0 aliphatic rings. The van der Waals surface area contributed by atoms with E-state index in [1.54, 1.807) is 12.1 Å². The fraction of sp³-hybridized carbons (Fsp3) is 0.294. The molecule has 1 N–H and O–H groups in total. The fourth-order valence-electron chi connectivity index (χ4n) is 2.32. The number of hydrogen-bond donors (Lipinski definition) is 1. The zero-order chi connectivity index (χ0) is 18.4. The van der Waals surface area contributed by atoms with E-state index in [2.05, 4.69) is 0 Å². The molecule has 6 nitrogen and oxygen atoms in total. The summed E-state index contributed by atoms with van der Waals surface area (Å²) in [7, 11) is 1.84. The molecule has 0 amide bonds. The molecule has 0 saturated carbocycles. The Morgan fingerprint density at radius 2 is 2.00 bits per heavy atom. The Hall–Kier alpha value is -1.86. The van der Waals surface area contributed by atoms with Crippen molar-refractivity contribution in [2.75, 3.05) is 20.2 Å². The minimum Gasteiger partial charge on any atom is -0.491 e. The van der Waals surface area contributed by atoms with Crippen molar-refractivity contribution in [3.05, 3.63) is 68.2 Å². The van der Waals surface area contributed by atoms with Crippen LogP contribution in [0, 0.1) is 10.1 Å². The minimum absolute atomic E-state index is 0.0226. The van der Waals surface area contributed by atoms with Crippen molar-refractivity contribution in [3.8, 4) is 5.75 Å². The molecule has 2 aromatic carbocycles. The van der Waals surface area contributed by atoms with Crippen molar-refractivity contribution in [1.82, 2.24) is 4.90 Å². The van der Waals surface area contributed by atoms with Gasteiger partial charge in [0.1, 0.15) is 18.5 Å². The van der Waals surface area contributed by atoms with Crippen LogP contribution in [0.25, 0.3) is 0 Å². The summed E-state index contributed by atoms with van der Waals surface area (Å²) < 4.78 is 5.42. The quantitative estimate of drug-likeness (QED) is 0.553. The molecule has 0 aliphatic heterocycles. The normalized spacial score (nSPS) is 12.2. The average molecular weight is 385 g/mol. The summed E-state index contributed by atoms with van der Waals surface area (Å²) >= 11 is 12.1. The number of nitro groups is 1. The Morgan fingerprint density at radius 1 is 1.28 bits per heavy atom. The Kier molecular flexibility index (Phi) is 7.01. The van der Waals surface area contributed by atoms with Gasteiger partial charge >= 0.3 is 0 Å². The largest absolute Gasteiger partial charge is 0.491 e. The number of nitrogens with zero attached hydrogens (tertiary/aromatic N) is 2. The van der Waals surface area contributed by atoms with Gasteiger partial charge in [-0.3, -0.25) is 15.0 Å². The van der Waals surface area contributed by atoms with Gasteiger partial charge in [0.15, 0.2) is 0 Å². The van der Waals surface area contributed by atoms with E-state index in [0.29, 0.717) is 28.9 Å². The number of hydrogen-bond acceptors (Lipinski definition) is 5. The van der Waals surface area contributed by atoms with E-state index >= 15 is 0 Å². The molecule has 0 aliphatic carbocycles. The SMILES string of the molecule is CN(Cc1cccc(Cl)c1Cl)CC(O)COc1cccc([N+](=O)[O-])c1. The second-order valence-electron chi connectivity index (χ2n) is 5.63. The van der Waals surface area contributed by atoms with Crippen molar-refractivity contribution >= 4 is 28.9 Å². The molecular formula is C17H18Cl2N2O4. The third-order valence-corrected chi connectivity index (χ3v) is 4.32. The zero-order valence-electron chi connectivity index (χ0n) is 13.6. The molecule has 2 aromatic rings. The van der Waals surface area contributed by atoms with Crippen LogP contribution in [0.1, 0.15) is 5.56 Å². The van der Waals surface area contributed by atoms with E-state index in [1.165, 1.54) is 18.2 Å².